The average molecular weight is 406 g/mol. The molecule has 2 unspecified atom stereocenters. The molecule has 0 aliphatic heterocycles. The molecule has 8 fully saturated rings. The van der Waals surface area contributed by atoms with Gasteiger partial charge in [-0.05, 0) is 112 Å². The molecule has 1 amide bonds. The molecule has 0 aromatic rings. The molecule has 8 aliphatic carbocycles. The molecule has 2 nitrogen and oxygen atoms in total. The highest BCUT2D eigenvalue weighted by molar-refractivity contribution is 9.10. The van der Waals surface area contributed by atoms with Crippen LogP contribution in [0, 0.1) is 40.4 Å². The molecule has 4 atom stereocenters. The van der Waals surface area contributed by atoms with E-state index in [0.29, 0.717) is 11.3 Å². The summed E-state index contributed by atoms with van der Waals surface area (Å²) in [6.07, 6.45) is 16.1. The molecular formula is C22H32BrNO. The third-order valence-electron chi connectivity index (χ3n) is 9.26. The highest BCUT2D eigenvalue weighted by Gasteiger charge is 2.60. The molecule has 0 spiro atoms. The molecule has 8 bridgehead atoms. The van der Waals surface area contributed by atoms with E-state index in [0.717, 1.165) is 42.6 Å². The summed E-state index contributed by atoms with van der Waals surface area (Å²) in [7, 11) is 0. The van der Waals surface area contributed by atoms with E-state index in [-0.39, 0.29) is 9.74 Å². The van der Waals surface area contributed by atoms with Crippen molar-refractivity contribution in [2.75, 3.05) is 6.54 Å². The zero-order valence-electron chi connectivity index (χ0n) is 15.4. The molecule has 0 radical (unpaired) electrons. The van der Waals surface area contributed by atoms with Crippen LogP contribution in [0.5, 0.6) is 0 Å². The molecule has 1 N–H and O–H groups in total. The summed E-state index contributed by atoms with van der Waals surface area (Å²) in [5.41, 5.74) is 0.439. The van der Waals surface area contributed by atoms with Gasteiger partial charge >= 0.3 is 0 Å². The van der Waals surface area contributed by atoms with Crippen molar-refractivity contribution in [1.82, 2.24) is 5.32 Å². The fourth-order valence-electron chi connectivity index (χ4n) is 9.38. The number of carbonyl (C=O) groups is 1. The van der Waals surface area contributed by atoms with Crippen molar-refractivity contribution in [3.05, 3.63) is 0 Å². The molecular weight excluding hydrogens is 374 g/mol. The van der Waals surface area contributed by atoms with Crippen molar-refractivity contribution in [1.29, 1.82) is 0 Å². The van der Waals surface area contributed by atoms with Crippen LogP contribution >= 0.6 is 15.9 Å². The summed E-state index contributed by atoms with van der Waals surface area (Å²) in [6, 6.07) is 0. The number of halogens is 1. The van der Waals surface area contributed by atoms with Crippen LogP contribution in [0.15, 0.2) is 0 Å². The maximum absolute atomic E-state index is 13.4. The summed E-state index contributed by atoms with van der Waals surface area (Å²) >= 11 is 4.06. The quantitative estimate of drug-likeness (QED) is 0.653. The normalized spacial score (nSPS) is 57.9. The Morgan fingerprint density at radius 3 is 1.84 bits per heavy atom. The minimum Gasteiger partial charge on any atom is -0.355 e. The first-order chi connectivity index (χ1) is 11.9. The molecule has 3 heteroatoms. The zero-order chi connectivity index (χ0) is 16.9. The smallest absolute Gasteiger partial charge is 0.226 e. The molecule has 8 aliphatic rings. The van der Waals surface area contributed by atoms with E-state index in [2.05, 4.69) is 21.2 Å². The van der Waals surface area contributed by atoms with E-state index < -0.39 is 0 Å². The van der Waals surface area contributed by atoms with E-state index in [4.69, 9.17) is 0 Å². The van der Waals surface area contributed by atoms with Gasteiger partial charge in [-0.25, -0.2) is 0 Å². The SMILES string of the molecule is O=C(NCC12CC3CC(CC(C3)C1)C2)C12C[C@@H]3C[C@@H](CC(Br)(C3)C1)C2. The predicted molar refractivity (Wildman–Crippen MR) is 102 cm³/mol. The van der Waals surface area contributed by atoms with Gasteiger partial charge in [0, 0.05) is 10.9 Å². The highest BCUT2D eigenvalue weighted by atomic mass is 79.9. The molecule has 0 saturated heterocycles. The van der Waals surface area contributed by atoms with Gasteiger partial charge in [0.05, 0.1) is 5.41 Å². The Bertz CT molecular complexity index is 564. The fourth-order valence-corrected chi connectivity index (χ4v) is 10.8. The molecule has 0 heterocycles. The summed E-state index contributed by atoms with van der Waals surface area (Å²) in [4.78, 5) is 13.4. The standard InChI is InChI=1S/C22H32BrNO/c23-22-10-17-4-18(11-22)9-21(8-17,12-22)19(25)24-13-20-5-14-1-15(6-20)3-16(2-14)7-20/h14-18H,1-13H2,(H,24,25)/t14?,15?,16?,17-,18+,20?,21?,22?. The van der Waals surface area contributed by atoms with Crippen LogP contribution < -0.4 is 5.32 Å². The van der Waals surface area contributed by atoms with Crippen molar-refractivity contribution in [2.45, 2.75) is 81.4 Å². The zero-order valence-corrected chi connectivity index (χ0v) is 17.0. The molecule has 0 aromatic heterocycles. The first-order valence-electron chi connectivity index (χ1n) is 10.9. The van der Waals surface area contributed by atoms with Crippen LogP contribution in [-0.2, 0) is 4.79 Å². The van der Waals surface area contributed by atoms with Gasteiger partial charge in [0.25, 0.3) is 0 Å². The monoisotopic (exact) mass is 405 g/mol. The molecule has 138 valence electrons. The van der Waals surface area contributed by atoms with Crippen LogP contribution in [0.4, 0.5) is 0 Å². The molecule has 0 aromatic carbocycles. The van der Waals surface area contributed by atoms with Gasteiger partial charge in [0.1, 0.15) is 0 Å². The second-order valence-electron chi connectivity index (χ2n) is 11.5. The third-order valence-corrected chi connectivity index (χ3v) is 10.2. The van der Waals surface area contributed by atoms with E-state index >= 15 is 0 Å². The van der Waals surface area contributed by atoms with Crippen molar-refractivity contribution in [3.63, 3.8) is 0 Å². The second kappa shape index (κ2) is 5.06. The second-order valence-corrected chi connectivity index (χ2v) is 13.2. The topological polar surface area (TPSA) is 29.1 Å². The summed E-state index contributed by atoms with van der Waals surface area (Å²) < 4.78 is 0.287. The van der Waals surface area contributed by atoms with Crippen molar-refractivity contribution in [3.8, 4) is 0 Å². The lowest BCUT2D eigenvalue weighted by Gasteiger charge is -2.60. The van der Waals surface area contributed by atoms with Gasteiger partial charge in [-0.15, -0.1) is 0 Å². The van der Waals surface area contributed by atoms with Gasteiger partial charge in [0.2, 0.25) is 5.91 Å². The van der Waals surface area contributed by atoms with Crippen LogP contribution in [0.3, 0.4) is 0 Å². The lowest BCUT2D eigenvalue weighted by molar-refractivity contribution is -0.145. The predicted octanol–water partition coefficient (Wildman–Crippen LogP) is 5.05. The van der Waals surface area contributed by atoms with E-state index in [1.165, 1.54) is 70.6 Å². The van der Waals surface area contributed by atoms with E-state index in [9.17, 15) is 4.79 Å². The van der Waals surface area contributed by atoms with Gasteiger partial charge in [-0.1, -0.05) is 15.9 Å². The van der Waals surface area contributed by atoms with Crippen LogP contribution in [0.1, 0.15) is 77.0 Å². The maximum atomic E-state index is 13.4. The first-order valence-corrected chi connectivity index (χ1v) is 11.7. The van der Waals surface area contributed by atoms with Crippen molar-refractivity contribution in [2.24, 2.45) is 40.4 Å². The number of hydrogen-bond donors (Lipinski definition) is 1. The molecule has 8 rings (SSSR count). The minimum atomic E-state index is -0.0319. The number of rotatable bonds is 3. The van der Waals surface area contributed by atoms with Crippen LogP contribution in [-0.4, -0.2) is 16.8 Å². The summed E-state index contributed by atoms with van der Waals surface area (Å²) in [6.45, 7) is 0.988. The van der Waals surface area contributed by atoms with Crippen LogP contribution in [0.2, 0.25) is 0 Å². The molecule has 8 saturated carbocycles. The van der Waals surface area contributed by atoms with Crippen LogP contribution in [0.25, 0.3) is 0 Å². The number of carbonyl (C=O) groups excluding carboxylic acids is 1. The van der Waals surface area contributed by atoms with E-state index in [1.54, 1.807) is 0 Å². The first kappa shape index (κ1) is 16.0. The summed E-state index contributed by atoms with van der Waals surface area (Å²) in [5.74, 6) is 4.97. The van der Waals surface area contributed by atoms with Gasteiger partial charge in [0.15, 0.2) is 0 Å². The number of nitrogens with one attached hydrogen (secondary N) is 1. The Kier molecular flexibility index (Phi) is 3.23. The summed E-state index contributed by atoms with van der Waals surface area (Å²) in [5, 5.41) is 3.55. The van der Waals surface area contributed by atoms with Gasteiger partial charge in [-0.2, -0.15) is 0 Å². The lowest BCUT2D eigenvalue weighted by atomic mass is 9.48. The Hall–Kier alpha value is -0.0500. The largest absolute Gasteiger partial charge is 0.355 e. The fraction of sp³-hybridized carbons (Fsp3) is 0.955. The van der Waals surface area contributed by atoms with E-state index in [1.807, 2.05) is 0 Å². The highest BCUT2D eigenvalue weighted by Crippen LogP contribution is 2.65. The minimum absolute atomic E-state index is 0.0319. The van der Waals surface area contributed by atoms with Gasteiger partial charge in [-0.3, -0.25) is 4.79 Å². The maximum Gasteiger partial charge on any atom is 0.226 e. The van der Waals surface area contributed by atoms with Crippen molar-refractivity contribution >= 4 is 21.8 Å². The number of hydrogen-bond acceptors (Lipinski definition) is 1. The average Bonchev–Trinajstić information content (AvgIpc) is 2.49. The third kappa shape index (κ3) is 2.43. The van der Waals surface area contributed by atoms with Gasteiger partial charge < -0.3 is 5.32 Å². The number of alkyl halides is 1. The Labute approximate surface area is 160 Å². The Balaban J connectivity index is 1.18. The Morgan fingerprint density at radius 2 is 1.32 bits per heavy atom. The Morgan fingerprint density at radius 1 is 0.800 bits per heavy atom. The lowest BCUT2D eigenvalue weighted by Crippen LogP contribution is -2.59. The number of amides is 1. The molecule has 25 heavy (non-hydrogen) atoms. The van der Waals surface area contributed by atoms with Crippen molar-refractivity contribution < 1.29 is 4.79 Å².